The molecule has 4 rings (SSSR count). The van der Waals surface area contributed by atoms with Crippen molar-refractivity contribution in [2.75, 3.05) is 6.54 Å². The third-order valence-corrected chi connectivity index (χ3v) is 5.22. The molecule has 0 saturated carbocycles. The topological polar surface area (TPSA) is 63.9 Å². The Hall–Kier alpha value is -3.02. The van der Waals surface area contributed by atoms with E-state index in [0.717, 1.165) is 40.3 Å². The molecule has 0 spiro atoms. The van der Waals surface area contributed by atoms with Crippen LogP contribution in [0.3, 0.4) is 0 Å². The van der Waals surface area contributed by atoms with Crippen LogP contribution in [0.4, 0.5) is 0 Å². The molecule has 1 aliphatic rings. The van der Waals surface area contributed by atoms with Gasteiger partial charge in [-0.1, -0.05) is 35.9 Å². The fraction of sp³-hybridized carbons (Fsp3) is 0.333. The average molecular weight is 361 g/mol. The van der Waals surface area contributed by atoms with Gasteiger partial charge in [0, 0.05) is 24.7 Å². The highest BCUT2D eigenvalue weighted by Gasteiger charge is 2.33. The largest absolute Gasteiger partial charge is 0.330 e. The Bertz CT molecular complexity index is 994. The van der Waals surface area contributed by atoms with E-state index in [1.807, 2.05) is 53.8 Å². The van der Waals surface area contributed by atoms with Crippen LogP contribution in [0.5, 0.6) is 0 Å². The zero-order chi connectivity index (χ0) is 19.0. The molecule has 0 bridgehead atoms. The first-order valence-electron chi connectivity index (χ1n) is 9.36. The van der Waals surface area contributed by atoms with E-state index in [9.17, 15) is 4.79 Å². The molecule has 0 fully saturated rings. The van der Waals surface area contributed by atoms with Crippen molar-refractivity contribution in [2.24, 2.45) is 0 Å². The summed E-state index contributed by atoms with van der Waals surface area (Å²) < 4.78 is 1.85. The Balaban J connectivity index is 1.67. The van der Waals surface area contributed by atoms with Crippen molar-refractivity contribution in [1.29, 1.82) is 0 Å². The predicted molar refractivity (Wildman–Crippen MR) is 103 cm³/mol. The lowest BCUT2D eigenvalue weighted by Crippen LogP contribution is -2.39. The monoisotopic (exact) mass is 361 g/mol. The van der Waals surface area contributed by atoms with Crippen LogP contribution in [0.15, 0.2) is 42.6 Å². The first-order chi connectivity index (χ1) is 13.1. The zero-order valence-corrected chi connectivity index (χ0v) is 15.9. The van der Waals surface area contributed by atoms with E-state index in [1.54, 1.807) is 6.20 Å². The van der Waals surface area contributed by atoms with Gasteiger partial charge in [0.05, 0.1) is 11.7 Å². The maximum absolute atomic E-state index is 13.0. The number of aryl methyl sites for hydroxylation is 2. The van der Waals surface area contributed by atoms with Gasteiger partial charge in [0.1, 0.15) is 5.69 Å². The number of hydrogen-bond donors (Lipinski definition) is 0. The summed E-state index contributed by atoms with van der Waals surface area (Å²) >= 11 is 0. The minimum Gasteiger partial charge on any atom is -0.330 e. The van der Waals surface area contributed by atoms with Crippen LogP contribution in [0.1, 0.15) is 52.8 Å². The van der Waals surface area contributed by atoms with Gasteiger partial charge in [-0.3, -0.25) is 4.79 Å². The minimum atomic E-state index is -0.121. The van der Waals surface area contributed by atoms with Gasteiger partial charge in [-0.05, 0) is 44.0 Å². The van der Waals surface area contributed by atoms with Crippen LogP contribution < -0.4 is 0 Å². The molecule has 138 valence electrons. The van der Waals surface area contributed by atoms with Crippen LogP contribution in [0.25, 0.3) is 5.82 Å². The number of nitrogens with zero attached hydrogens (tertiary/aromatic N) is 5. The number of rotatable bonds is 3. The quantitative estimate of drug-likeness (QED) is 0.718. The molecular weight excluding hydrogens is 338 g/mol. The van der Waals surface area contributed by atoms with Gasteiger partial charge >= 0.3 is 0 Å². The van der Waals surface area contributed by atoms with E-state index < -0.39 is 0 Å². The number of fused-ring (bicyclic) bond motifs is 1. The molecule has 1 atom stereocenters. The molecule has 6 heteroatoms. The number of benzene rings is 1. The normalized spacial score (nSPS) is 16.3. The summed E-state index contributed by atoms with van der Waals surface area (Å²) in [6, 6.07) is 11.6. The lowest BCUT2D eigenvalue weighted by Gasteiger charge is -2.32. The highest BCUT2D eigenvalue weighted by Crippen LogP contribution is 2.30. The van der Waals surface area contributed by atoms with Crippen molar-refractivity contribution in [3.8, 4) is 5.82 Å². The second-order valence-corrected chi connectivity index (χ2v) is 6.97. The van der Waals surface area contributed by atoms with Crippen molar-refractivity contribution < 1.29 is 4.79 Å². The van der Waals surface area contributed by atoms with Crippen molar-refractivity contribution in [1.82, 2.24) is 24.9 Å². The molecule has 0 saturated heterocycles. The smallest absolute Gasteiger partial charge is 0.254 e. The summed E-state index contributed by atoms with van der Waals surface area (Å²) in [6.45, 7) is 6.76. The Morgan fingerprint density at radius 2 is 2.11 bits per heavy atom. The van der Waals surface area contributed by atoms with E-state index in [4.69, 9.17) is 0 Å². The van der Waals surface area contributed by atoms with Crippen molar-refractivity contribution in [2.45, 2.75) is 39.7 Å². The molecule has 3 heterocycles. The molecule has 0 N–H and O–H groups in total. The summed E-state index contributed by atoms with van der Waals surface area (Å²) in [5.74, 6) is 0.873. The highest BCUT2D eigenvalue weighted by molar-refractivity contribution is 5.94. The Kier molecular flexibility index (Phi) is 4.48. The van der Waals surface area contributed by atoms with Gasteiger partial charge in [-0.25, -0.2) is 4.98 Å². The standard InChI is InChI=1S/C21H23N5O/c1-4-16-9-6-11-22-20(16)26-18-10-12-25(15(3)19(18)23-24-26)21(27)17-8-5-7-14(2)13-17/h5-9,11,13,15H,4,10,12H2,1-3H3. The van der Waals surface area contributed by atoms with Gasteiger partial charge in [0.2, 0.25) is 0 Å². The maximum atomic E-state index is 13.0. The average Bonchev–Trinajstić information content (AvgIpc) is 3.12. The molecule has 1 amide bonds. The summed E-state index contributed by atoms with van der Waals surface area (Å²) in [5.41, 5.74) is 4.84. The van der Waals surface area contributed by atoms with Gasteiger partial charge in [0.25, 0.3) is 5.91 Å². The molecule has 1 aromatic carbocycles. The Morgan fingerprint density at radius 3 is 2.89 bits per heavy atom. The molecular formula is C21H23N5O. The van der Waals surface area contributed by atoms with Crippen molar-refractivity contribution in [3.63, 3.8) is 0 Å². The van der Waals surface area contributed by atoms with Crippen LogP contribution >= 0.6 is 0 Å². The number of hydrogen-bond acceptors (Lipinski definition) is 4. The first-order valence-corrected chi connectivity index (χ1v) is 9.36. The first kappa shape index (κ1) is 17.4. The molecule has 0 aliphatic carbocycles. The van der Waals surface area contributed by atoms with Gasteiger partial charge in [0.15, 0.2) is 5.82 Å². The third-order valence-electron chi connectivity index (χ3n) is 5.22. The van der Waals surface area contributed by atoms with Crippen LogP contribution in [-0.2, 0) is 12.8 Å². The molecule has 27 heavy (non-hydrogen) atoms. The van der Waals surface area contributed by atoms with E-state index in [2.05, 4.69) is 28.3 Å². The van der Waals surface area contributed by atoms with Gasteiger partial charge in [-0.2, -0.15) is 4.68 Å². The summed E-state index contributed by atoms with van der Waals surface area (Å²) in [4.78, 5) is 19.4. The number of carbonyl (C=O) groups excluding carboxylic acids is 1. The number of carbonyl (C=O) groups is 1. The lowest BCUT2D eigenvalue weighted by atomic mass is 10.0. The summed E-state index contributed by atoms with van der Waals surface area (Å²) in [5, 5.41) is 8.79. The molecule has 0 radical (unpaired) electrons. The second kappa shape index (κ2) is 6.95. The Morgan fingerprint density at radius 1 is 1.26 bits per heavy atom. The maximum Gasteiger partial charge on any atom is 0.254 e. The van der Waals surface area contributed by atoms with E-state index in [-0.39, 0.29) is 11.9 Å². The molecule has 6 nitrogen and oxygen atoms in total. The molecule has 2 aromatic heterocycles. The third kappa shape index (κ3) is 3.01. The van der Waals surface area contributed by atoms with E-state index in [1.165, 1.54) is 0 Å². The van der Waals surface area contributed by atoms with E-state index >= 15 is 0 Å². The van der Waals surface area contributed by atoms with E-state index in [0.29, 0.717) is 13.0 Å². The summed E-state index contributed by atoms with van der Waals surface area (Å²) in [7, 11) is 0. The molecule has 3 aromatic rings. The van der Waals surface area contributed by atoms with Crippen LogP contribution in [0, 0.1) is 6.92 Å². The second-order valence-electron chi connectivity index (χ2n) is 6.97. The summed E-state index contributed by atoms with van der Waals surface area (Å²) in [6.07, 6.45) is 3.37. The number of amides is 1. The van der Waals surface area contributed by atoms with Crippen molar-refractivity contribution in [3.05, 3.63) is 70.7 Å². The fourth-order valence-electron chi connectivity index (χ4n) is 3.73. The molecule has 1 unspecified atom stereocenters. The van der Waals surface area contributed by atoms with Crippen LogP contribution in [-0.4, -0.2) is 37.3 Å². The minimum absolute atomic E-state index is 0.0403. The van der Waals surface area contributed by atoms with Gasteiger partial charge < -0.3 is 4.90 Å². The zero-order valence-electron chi connectivity index (χ0n) is 15.9. The predicted octanol–water partition coefficient (Wildman–Crippen LogP) is 3.29. The number of pyridine rings is 1. The van der Waals surface area contributed by atoms with Crippen LogP contribution in [0.2, 0.25) is 0 Å². The Labute approximate surface area is 158 Å². The fourth-order valence-corrected chi connectivity index (χ4v) is 3.73. The SMILES string of the molecule is CCc1cccnc1-n1nnc2c1CCN(C(=O)c1cccc(C)c1)C2C. The number of aromatic nitrogens is 4. The van der Waals surface area contributed by atoms with Gasteiger partial charge in [-0.15, -0.1) is 5.10 Å². The molecule has 1 aliphatic heterocycles. The van der Waals surface area contributed by atoms with Crippen molar-refractivity contribution >= 4 is 5.91 Å². The highest BCUT2D eigenvalue weighted by atomic mass is 16.2. The lowest BCUT2D eigenvalue weighted by molar-refractivity contribution is 0.0672.